The van der Waals surface area contributed by atoms with Crippen LogP contribution in [0, 0.1) is 0 Å². The van der Waals surface area contributed by atoms with Crippen molar-refractivity contribution < 1.29 is 14.6 Å². The van der Waals surface area contributed by atoms with E-state index in [0.29, 0.717) is 29.7 Å². The van der Waals surface area contributed by atoms with Gasteiger partial charge in [0.1, 0.15) is 5.75 Å². The quantitative estimate of drug-likeness (QED) is 0.888. The molecule has 4 nitrogen and oxygen atoms in total. The van der Waals surface area contributed by atoms with Crippen molar-refractivity contribution in [2.75, 3.05) is 13.1 Å². The molecule has 1 N–H and O–H groups in total. The lowest BCUT2D eigenvalue weighted by molar-refractivity contribution is -0.160. The van der Waals surface area contributed by atoms with E-state index in [4.69, 9.17) is 16.3 Å². The first-order valence-electron chi connectivity index (χ1n) is 9.05. The summed E-state index contributed by atoms with van der Waals surface area (Å²) in [7, 11) is 0. The number of likely N-dealkylation sites (tertiary alicyclic amines) is 1. The molecule has 0 bridgehead atoms. The number of carbonyl (C=O) groups is 1. The highest BCUT2D eigenvalue weighted by Crippen LogP contribution is 2.33. The third-order valence-electron chi connectivity index (χ3n) is 5.67. The maximum atomic E-state index is 12.0. The number of piperidine rings is 1. The monoisotopic (exact) mass is 371 g/mol. The molecule has 0 saturated carbocycles. The molecular formula is C21H22ClNO3. The van der Waals surface area contributed by atoms with Crippen LogP contribution in [0.15, 0.2) is 48.5 Å². The second-order valence-electron chi connectivity index (χ2n) is 7.22. The lowest BCUT2D eigenvalue weighted by Gasteiger charge is -2.41. The highest BCUT2D eigenvalue weighted by atomic mass is 35.5. The third-order valence-corrected chi connectivity index (χ3v) is 5.92. The standard InChI is InChI=1S/C21H22ClNO3/c22-17-5-7-19(8-6-17)26-21(20(24)25)9-11-23(12-10-21)18-13-15-3-1-2-4-16(15)14-18/h1-8,18H,9-14H2,(H,24,25). The molecule has 1 aliphatic heterocycles. The van der Waals surface area contributed by atoms with Crippen molar-refractivity contribution in [1.82, 2.24) is 4.90 Å². The Morgan fingerprint density at radius 3 is 2.15 bits per heavy atom. The molecule has 2 aromatic carbocycles. The van der Waals surface area contributed by atoms with E-state index in [0.717, 1.165) is 25.9 Å². The highest BCUT2D eigenvalue weighted by Gasteiger charge is 2.45. The molecule has 2 aromatic rings. The van der Waals surface area contributed by atoms with Crippen molar-refractivity contribution in [3.05, 3.63) is 64.7 Å². The Balaban J connectivity index is 1.43. The Labute approximate surface area is 158 Å². The molecular weight excluding hydrogens is 350 g/mol. The van der Waals surface area contributed by atoms with Crippen molar-refractivity contribution in [3.63, 3.8) is 0 Å². The van der Waals surface area contributed by atoms with Crippen LogP contribution in [0.4, 0.5) is 0 Å². The zero-order chi connectivity index (χ0) is 18.1. The maximum absolute atomic E-state index is 12.0. The fraction of sp³-hybridized carbons (Fsp3) is 0.381. The van der Waals surface area contributed by atoms with Crippen molar-refractivity contribution in [2.24, 2.45) is 0 Å². The van der Waals surface area contributed by atoms with Gasteiger partial charge in [0.15, 0.2) is 0 Å². The van der Waals surface area contributed by atoms with Gasteiger partial charge in [-0.25, -0.2) is 4.79 Å². The number of hydrogen-bond acceptors (Lipinski definition) is 3. The van der Waals surface area contributed by atoms with Gasteiger partial charge in [0.2, 0.25) is 5.60 Å². The number of nitrogens with zero attached hydrogens (tertiary/aromatic N) is 1. The molecule has 0 aromatic heterocycles. The molecule has 0 atom stereocenters. The van der Waals surface area contributed by atoms with E-state index in [2.05, 4.69) is 29.2 Å². The summed E-state index contributed by atoms with van der Waals surface area (Å²) in [5, 5.41) is 10.4. The van der Waals surface area contributed by atoms with Gasteiger partial charge in [-0.1, -0.05) is 35.9 Å². The SMILES string of the molecule is O=C(O)C1(Oc2ccc(Cl)cc2)CCN(C2Cc3ccccc3C2)CC1. The zero-order valence-corrected chi connectivity index (χ0v) is 15.3. The Morgan fingerprint density at radius 1 is 1.04 bits per heavy atom. The summed E-state index contributed by atoms with van der Waals surface area (Å²) in [6, 6.07) is 15.9. The van der Waals surface area contributed by atoms with Gasteiger partial charge < -0.3 is 9.84 Å². The smallest absolute Gasteiger partial charge is 0.348 e. The van der Waals surface area contributed by atoms with Crippen LogP contribution in [-0.4, -0.2) is 40.7 Å². The molecule has 2 aliphatic rings. The van der Waals surface area contributed by atoms with Crippen LogP contribution in [0.25, 0.3) is 0 Å². The van der Waals surface area contributed by atoms with Crippen LogP contribution in [0.3, 0.4) is 0 Å². The minimum Gasteiger partial charge on any atom is -0.478 e. The summed E-state index contributed by atoms with van der Waals surface area (Å²) < 4.78 is 5.95. The zero-order valence-electron chi connectivity index (χ0n) is 14.5. The van der Waals surface area contributed by atoms with E-state index >= 15 is 0 Å². The summed E-state index contributed by atoms with van der Waals surface area (Å²) in [4.78, 5) is 14.4. The minimum absolute atomic E-state index is 0.467. The third kappa shape index (κ3) is 3.31. The number of hydrogen-bond donors (Lipinski definition) is 1. The Kier molecular flexibility index (Phi) is 4.63. The van der Waals surface area contributed by atoms with E-state index in [9.17, 15) is 9.90 Å². The number of carboxylic acids is 1. The van der Waals surface area contributed by atoms with Gasteiger partial charge in [-0.05, 0) is 48.2 Å². The maximum Gasteiger partial charge on any atom is 0.348 e. The molecule has 0 amide bonds. The number of benzene rings is 2. The summed E-state index contributed by atoms with van der Waals surface area (Å²) >= 11 is 5.90. The van der Waals surface area contributed by atoms with Gasteiger partial charge in [0, 0.05) is 37.0 Å². The first kappa shape index (κ1) is 17.4. The van der Waals surface area contributed by atoms with Crippen LogP contribution >= 0.6 is 11.6 Å². The van der Waals surface area contributed by atoms with E-state index < -0.39 is 11.6 Å². The van der Waals surface area contributed by atoms with Crippen LogP contribution in [0.5, 0.6) is 5.75 Å². The number of carboxylic acid groups (broad SMARTS) is 1. The average Bonchev–Trinajstić information content (AvgIpc) is 3.08. The lowest BCUT2D eigenvalue weighted by atomic mass is 9.90. The topological polar surface area (TPSA) is 49.8 Å². The van der Waals surface area contributed by atoms with E-state index in [1.165, 1.54) is 11.1 Å². The van der Waals surface area contributed by atoms with Gasteiger partial charge in [-0.3, -0.25) is 4.90 Å². The van der Waals surface area contributed by atoms with Crippen LogP contribution in [0.2, 0.25) is 5.02 Å². The predicted molar refractivity (Wildman–Crippen MR) is 101 cm³/mol. The van der Waals surface area contributed by atoms with Gasteiger partial charge in [-0.15, -0.1) is 0 Å². The lowest BCUT2D eigenvalue weighted by Crippen LogP contribution is -2.55. The summed E-state index contributed by atoms with van der Waals surface area (Å²) in [5.41, 5.74) is 1.69. The molecule has 26 heavy (non-hydrogen) atoms. The van der Waals surface area contributed by atoms with Crippen molar-refractivity contribution in [1.29, 1.82) is 0 Å². The Hall–Kier alpha value is -2.04. The molecule has 1 aliphatic carbocycles. The first-order valence-corrected chi connectivity index (χ1v) is 9.42. The second kappa shape index (κ2) is 6.93. The van der Waals surface area contributed by atoms with Gasteiger partial charge in [-0.2, -0.15) is 0 Å². The minimum atomic E-state index is -1.16. The largest absolute Gasteiger partial charge is 0.478 e. The fourth-order valence-corrected chi connectivity index (χ4v) is 4.26. The Bertz CT molecular complexity index is 772. The number of ether oxygens (including phenoxy) is 1. The summed E-state index contributed by atoms with van der Waals surface area (Å²) in [6.07, 6.45) is 3.07. The summed E-state index contributed by atoms with van der Waals surface area (Å²) in [5.74, 6) is -0.333. The van der Waals surface area contributed by atoms with Gasteiger partial charge in [0.25, 0.3) is 0 Å². The molecule has 0 unspecified atom stereocenters. The number of halogens is 1. The molecule has 1 fully saturated rings. The van der Waals surface area contributed by atoms with Crippen LogP contribution < -0.4 is 4.74 Å². The second-order valence-corrected chi connectivity index (χ2v) is 7.66. The predicted octanol–water partition coefficient (Wildman–Crippen LogP) is 3.81. The molecule has 4 rings (SSSR count). The molecule has 1 saturated heterocycles. The number of aliphatic carboxylic acids is 1. The number of fused-ring (bicyclic) bond motifs is 1. The van der Waals surface area contributed by atoms with Crippen LogP contribution in [-0.2, 0) is 17.6 Å². The van der Waals surface area contributed by atoms with E-state index in [-0.39, 0.29) is 0 Å². The van der Waals surface area contributed by atoms with Crippen LogP contribution in [0.1, 0.15) is 24.0 Å². The first-order chi connectivity index (χ1) is 12.6. The summed E-state index contributed by atoms with van der Waals surface area (Å²) in [6.45, 7) is 1.47. The van der Waals surface area contributed by atoms with E-state index in [1.54, 1.807) is 24.3 Å². The van der Waals surface area contributed by atoms with Gasteiger partial charge in [0.05, 0.1) is 0 Å². The molecule has 0 radical (unpaired) electrons. The van der Waals surface area contributed by atoms with Crippen molar-refractivity contribution in [3.8, 4) is 5.75 Å². The fourth-order valence-electron chi connectivity index (χ4n) is 4.13. The average molecular weight is 372 g/mol. The van der Waals surface area contributed by atoms with E-state index in [1.807, 2.05) is 0 Å². The Morgan fingerprint density at radius 2 is 1.62 bits per heavy atom. The number of rotatable bonds is 4. The van der Waals surface area contributed by atoms with Gasteiger partial charge >= 0.3 is 5.97 Å². The highest BCUT2D eigenvalue weighted by molar-refractivity contribution is 6.30. The molecule has 136 valence electrons. The molecule has 0 spiro atoms. The van der Waals surface area contributed by atoms with Crippen molar-refractivity contribution >= 4 is 17.6 Å². The van der Waals surface area contributed by atoms with Crippen molar-refractivity contribution in [2.45, 2.75) is 37.3 Å². The molecule has 5 heteroatoms. The molecule has 1 heterocycles. The normalized spacial score (nSPS) is 19.9.